The largest absolute Gasteiger partial charge is 0.491 e. The molecule has 9 nitrogen and oxygen atoms in total. The Bertz CT molecular complexity index is 685. The summed E-state index contributed by atoms with van der Waals surface area (Å²) in [6.45, 7) is 2.32. The Labute approximate surface area is 171 Å². The van der Waals surface area contributed by atoms with Crippen LogP contribution < -0.4 is 11.1 Å². The second-order valence-electron chi connectivity index (χ2n) is 7.31. The van der Waals surface area contributed by atoms with Crippen LogP contribution in [-0.4, -0.2) is 84.6 Å². The van der Waals surface area contributed by atoms with E-state index in [-0.39, 0.29) is 37.2 Å². The van der Waals surface area contributed by atoms with Crippen LogP contribution >= 0.6 is 0 Å². The van der Waals surface area contributed by atoms with Crippen molar-refractivity contribution in [3.8, 4) is 0 Å². The van der Waals surface area contributed by atoms with Crippen molar-refractivity contribution in [2.24, 2.45) is 5.73 Å². The second kappa shape index (κ2) is 10.3. The highest BCUT2D eigenvalue weighted by Crippen LogP contribution is 2.27. The van der Waals surface area contributed by atoms with Crippen molar-refractivity contribution in [2.75, 3.05) is 26.3 Å². The van der Waals surface area contributed by atoms with Crippen LogP contribution in [0.4, 0.5) is 13.2 Å². The highest BCUT2D eigenvalue weighted by Gasteiger charge is 2.44. The van der Waals surface area contributed by atoms with Crippen molar-refractivity contribution >= 4 is 17.8 Å². The quantitative estimate of drug-likeness (QED) is 0.379. The van der Waals surface area contributed by atoms with Gasteiger partial charge in [-0.3, -0.25) is 9.69 Å². The molecule has 1 saturated heterocycles. The van der Waals surface area contributed by atoms with Gasteiger partial charge in [-0.05, 0) is 25.8 Å². The number of nitrogens with two attached hydrogens (primary N) is 1. The predicted octanol–water partition coefficient (Wildman–Crippen LogP) is -0.377. The van der Waals surface area contributed by atoms with Crippen LogP contribution in [0.2, 0.25) is 0 Å². The third kappa shape index (κ3) is 6.49. The molecule has 4 N–H and O–H groups in total. The number of alkyl halides is 3. The number of carbonyl (C=O) groups excluding carboxylic acids is 3. The van der Waals surface area contributed by atoms with E-state index in [0.717, 1.165) is 12.8 Å². The SMILES string of the molecule is CC(=O)N[C@H]1[C@H](N2CCC[C@H](OCCO)C2)C=C(C(=O)OC(=O)C(F)(F)F)C[C@@H]1N. The highest BCUT2D eigenvalue weighted by molar-refractivity contribution is 5.98. The monoisotopic (exact) mass is 437 g/mol. The maximum Gasteiger partial charge on any atom is 0.491 e. The minimum absolute atomic E-state index is 0.136. The molecule has 1 aliphatic heterocycles. The summed E-state index contributed by atoms with van der Waals surface area (Å²) in [6.07, 6.45) is -2.78. The molecule has 170 valence electrons. The Balaban J connectivity index is 2.24. The van der Waals surface area contributed by atoms with Crippen molar-refractivity contribution in [1.29, 1.82) is 0 Å². The summed E-state index contributed by atoms with van der Waals surface area (Å²) in [5.74, 6) is -4.36. The normalized spacial score (nSPS) is 27.9. The van der Waals surface area contributed by atoms with Gasteiger partial charge < -0.3 is 25.6 Å². The predicted molar refractivity (Wildman–Crippen MR) is 96.9 cm³/mol. The Hall–Kier alpha value is -2.02. The number of aliphatic hydroxyl groups excluding tert-OH is 1. The van der Waals surface area contributed by atoms with E-state index in [2.05, 4.69) is 10.1 Å². The summed E-state index contributed by atoms with van der Waals surface area (Å²) in [5, 5.41) is 11.7. The minimum Gasteiger partial charge on any atom is -0.394 e. The van der Waals surface area contributed by atoms with Crippen LogP contribution in [0.1, 0.15) is 26.2 Å². The van der Waals surface area contributed by atoms with Crippen LogP contribution in [0.5, 0.6) is 0 Å². The molecule has 2 rings (SSSR count). The van der Waals surface area contributed by atoms with Crippen LogP contribution in [0.25, 0.3) is 0 Å². The van der Waals surface area contributed by atoms with E-state index in [9.17, 15) is 27.6 Å². The number of piperidine rings is 1. The van der Waals surface area contributed by atoms with Crippen LogP contribution in [-0.2, 0) is 23.9 Å². The van der Waals surface area contributed by atoms with Gasteiger partial charge in [-0.15, -0.1) is 0 Å². The number of halogens is 3. The lowest BCUT2D eigenvalue weighted by molar-refractivity contribution is -0.200. The molecule has 0 unspecified atom stereocenters. The number of rotatable bonds is 6. The molecule has 4 atom stereocenters. The average Bonchev–Trinajstić information content (AvgIpc) is 2.66. The fourth-order valence-corrected chi connectivity index (χ4v) is 3.72. The zero-order chi connectivity index (χ0) is 22.5. The molecule has 30 heavy (non-hydrogen) atoms. The zero-order valence-corrected chi connectivity index (χ0v) is 16.5. The van der Waals surface area contributed by atoms with Crippen molar-refractivity contribution in [3.05, 3.63) is 11.6 Å². The molecule has 0 bridgehead atoms. The van der Waals surface area contributed by atoms with E-state index in [0.29, 0.717) is 13.1 Å². The summed E-state index contributed by atoms with van der Waals surface area (Å²) in [6, 6.07) is -2.00. The number of nitrogens with zero attached hydrogens (tertiary/aromatic N) is 1. The lowest BCUT2D eigenvalue weighted by Crippen LogP contribution is -2.62. The molecule has 0 aromatic rings. The fourth-order valence-electron chi connectivity index (χ4n) is 3.72. The smallest absolute Gasteiger partial charge is 0.394 e. The van der Waals surface area contributed by atoms with Gasteiger partial charge in [0.1, 0.15) is 0 Å². The van der Waals surface area contributed by atoms with E-state index < -0.39 is 36.2 Å². The topological polar surface area (TPSA) is 131 Å². The lowest BCUT2D eigenvalue weighted by Gasteiger charge is -2.44. The fraction of sp³-hybridized carbons (Fsp3) is 0.722. The lowest BCUT2D eigenvalue weighted by atomic mass is 9.85. The molecular formula is C18H26F3N3O6. The number of carbonyl (C=O) groups is 3. The number of ether oxygens (including phenoxy) is 2. The molecular weight excluding hydrogens is 411 g/mol. The first kappa shape index (κ1) is 24.3. The van der Waals surface area contributed by atoms with E-state index in [1.165, 1.54) is 13.0 Å². The zero-order valence-electron chi connectivity index (χ0n) is 16.5. The number of likely N-dealkylation sites (tertiary alicyclic amines) is 1. The molecule has 1 aliphatic carbocycles. The van der Waals surface area contributed by atoms with Gasteiger partial charge >= 0.3 is 18.1 Å². The summed E-state index contributed by atoms with van der Waals surface area (Å²) in [5.41, 5.74) is 5.96. The number of aliphatic hydroxyl groups is 1. The number of hydrogen-bond donors (Lipinski definition) is 3. The number of amides is 1. The van der Waals surface area contributed by atoms with Crippen molar-refractivity contribution in [2.45, 2.75) is 56.6 Å². The van der Waals surface area contributed by atoms with Gasteiger partial charge in [-0.25, -0.2) is 9.59 Å². The molecule has 0 saturated carbocycles. The maximum absolute atomic E-state index is 12.4. The van der Waals surface area contributed by atoms with E-state index in [4.69, 9.17) is 15.6 Å². The van der Waals surface area contributed by atoms with E-state index >= 15 is 0 Å². The third-order valence-electron chi connectivity index (χ3n) is 4.98. The van der Waals surface area contributed by atoms with Crippen molar-refractivity contribution < 1.29 is 42.1 Å². The van der Waals surface area contributed by atoms with Crippen molar-refractivity contribution in [3.63, 3.8) is 0 Å². The Morgan fingerprint density at radius 1 is 1.37 bits per heavy atom. The molecule has 0 aromatic heterocycles. The summed E-state index contributed by atoms with van der Waals surface area (Å²) in [4.78, 5) is 36.7. The van der Waals surface area contributed by atoms with Gasteiger partial charge in [-0.2, -0.15) is 13.2 Å². The van der Waals surface area contributed by atoms with Gasteiger partial charge in [0.05, 0.1) is 31.4 Å². The molecule has 0 spiro atoms. The van der Waals surface area contributed by atoms with Gasteiger partial charge in [0.25, 0.3) is 0 Å². The highest BCUT2D eigenvalue weighted by atomic mass is 19.4. The van der Waals surface area contributed by atoms with Crippen LogP contribution in [0.15, 0.2) is 11.6 Å². The van der Waals surface area contributed by atoms with Gasteiger partial charge in [0, 0.05) is 25.1 Å². The Morgan fingerprint density at radius 3 is 2.67 bits per heavy atom. The Morgan fingerprint density at radius 2 is 2.07 bits per heavy atom. The van der Waals surface area contributed by atoms with E-state index in [1.807, 2.05) is 4.90 Å². The second-order valence-corrected chi connectivity index (χ2v) is 7.31. The molecule has 12 heteroatoms. The third-order valence-corrected chi connectivity index (χ3v) is 4.98. The first-order chi connectivity index (χ1) is 14.0. The Kier molecular flexibility index (Phi) is 8.35. The number of hydrogen-bond acceptors (Lipinski definition) is 8. The van der Waals surface area contributed by atoms with Gasteiger partial charge in [0.2, 0.25) is 5.91 Å². The van der Waals surface area contributed by atoms with E-state index in [1.54, 1.807) is 0 Å². The molecule has 1 fully saturated rings. The standard InChI is InChI=1S/C18H26F3N3O6/c1-10(26)23-15-13(22)7-11(16(27)30-17(28)18(19,20)21)8-14(15)24-4-2-3-12(9-24)29-6-5-25/h8,12-15,25H,2-7,9,22H2,1H3,(H,23,26)/t12-,13-,14+,15+/m0/s1. The first-order valence-corrected chi connectivity index (χ1v) is 9.56. The van der Waals surface area contributed by atoms with Gasteiger partial charge in [0.15, 0.2) is 0 Å². The number of nitrogens with one attached hydrogen (secondary N) is 1. The number of esters is 2. The summed E-state index contributed by atoms with van der Waals surface area (Å²) < 4.78 is 46.8. The molecule has 2 aliphatic rings. The molecule has 1 amide bonds. The van der Waals surface area contributed by atoms with Crippen LogP contribution in [0, 0.1) is 0 Å². The molecule has 1 heterocycles. The summed E-state index contributed by atoms with van der Waals surface area (Å²) in [7, 11) is 0. The molecule has 0 radical (unpaired) electrons. The maximum atomic E-state index is 12.4. The molecule has 0 aromatic carbocycles. The minimum atomic E-state index is -5.30. The first-order valence-electron chi connectivity index (χ1n) is 9.56. The van der Waals surface area contributed by atoms with Gasteiger partial charge in [-0.1, -0.05) is 6.08 Å². The average molecular weight is 437 g/mol. The summed E-state index contributed by atoms with van der Waals surface area (Å²) >= 11 is 0. The van der Waals surface area contributed by atoms with Crippen molar-refractivity contribution in [1.82, 2.24) is 10.2 Å². The van der Waals surface area contributed by atoms with Crippen LogP contribution in [0.3, 0.4) is 0 Å².